The summed E-state index contributed by atoms with van der Waals surface area (Å²) in [5.74, 6) is 0.330. The van der Waals surface area contributed by atoms with Gasteiger partial charge < -0.3 is 14.3 Å². The Balaban J connectivity index is 1.58. The minimum atomic E-state index is -1.12. The van der Waals surface area contributed by atoms with Crippen molar-refractivity contribution < 1.29 is 19.1 Å². The summed E-state index contributed by atoms with van der Waals surface area (Å²) >= 11 is 0. The number of hydrogen-bond donors (Lipinski definition) is 2. The number of fused-ring (bicyclic) bond motifs is 1. The van der Waals surface area contributed by atoms with Gasteiger partial charge in [-0.3, -0.25) is 5.10 Å². The van der Waals surface area contributed by atoms with E-state index in [1.807, 2.05) is 30.3 Å². The van der Waals surface area contributed by atoms with Crippen molar-refractivity contribution in [3.05, 3.63) is 66.3 Å². The van der Waals surface area contributed by atoms with Gasteiger partial charge in [0.15, 0.2) is 18.1 Å². The molecule has 2 N–H and O–H groups in total. The summed E-state index contributed by atoms with van der Waals surface area (Å²) in [5.41, 5.74) is 1.43. The monoisotopic (exact) mass is 335 g/mol. The normalized spacial score (nSPS) is 10.9. The first kappa shape index (κ1) is 14.9. The number of carbonyl (C=O) groups is 1. The van der Waals surface area contributed by atoms with Crippen molar-refractivity contribution >= 4 is 16.9 Å². The number of aromatic nitrogens is 3. The maximum absolute atomic E-state index is 11.3. The Bertz CT molecular complexity index is 1040. The van der Waals surface area contributed by atoms with Crippen LogP contribution in [0.4, 0.5) is 0 Å². The molecule has 0 saturated heterocycles. The Kier molecular flexibility index (Phi) is 3.66. The zero-order valence-electron chi connectivity index (χ0n) is 13.0. The maximum atomic E-state index is 11.3. The molecule has 0 radical (unpaired) electrons. The number of H-pyrrole nitrogens is 1. The van der Waals surface area contributed by atoms with Gasteiger partial charge in [0, 0.05) is 5.56 Å². The first-order chi connectivity index (χ1) is 12.2. The van der Waals surface area contributed by atoms with E-state index in [1.54, 1.807) is 24.4 Å². The molecule has 0 atom stereocenters. The molecule has 0 aliphatic heterocycles. The van der Waals surface area contributed by atoms with Crippen molar-refractivity contribution in [2.45, 2.75) is 6.61 Å². The Morgan fingerprint density at radius 2 is 2.00 bits per heavy atom. The van der Waals surface area contributed by atoms with Gasteiger partial charge in [0.1, 0.15) is 5.75 Å². The van der Waals surface area contributed by atoms with Crippen molar-refractivity contribution in [2.24, 2.45) is 0 Å². The van der Waals surface area contributed by atoms with Crippen LogP contribution < -0.4 is 4.74 Å². The average molecular weight is 335 g/mol. The van der Waals surface area contributed by atoms with E-state index >= 15 is 0 Å². The Morgan fingerprint density at radius 1 is 1.16 bits per heavy atom. The SMILES string of the molecule is O=C(O)c1n[nH]c2cccc(OCc3ncc(-c4ccccc4)o3)c12. The van der Waals surface area contributed by atoms with Crippen LogP contribution in [0, 0.1) is 0 Å². The van der Waals surface area contributed by atoms with Crippen molar-refractivity contribution in [3.63, 3.8) is 0 Å². The van der Waals surface area contributed by atoms with Crippen LogP contribution in [-0.2, 0) is 6.61 Å². The van der Waals surface area contributed by atoms with E-state index in [-0.39, 0.29) is 12.3 Å². The molecule has 2 heterocycles. The van der Waals surface area contributed by atoms with Crippen LogP contribution in [0.25, 0.3) is 22.2 Å². The molecule has 0 spiro atoms. The largest absolute Gasteiger partial charge is 0.483 e. The van der Waals surface area contributed by atoms with E-state index in [0.717, 1.165) is 5.56 Å². The Labute approximate surface area is 141 Å². The Morgan fingerprint density at radius 3 is 2.80 bits per heavy atom. The van der Waals surface area contributed by atoms with Gasteiger partial charge in [0.05, 0.1) is 17.1 Å². The summed E-state index contributed by atoms with van der Waals surface area (Å²) in [7, 11) is 0. The summed E-state index contributed by atoms with van der Waals surface area (Å²) in [4.78, 5) is 15.5. The molecule has 25 heavy (non-hydrogen) atoms. The standard InChI is InChI=1S/C18H13N3O4/c22-18(23)17-16-12(20-21-17)7-4-8-13(16)24-10-15-19-9-14(25-15)11-5-2-1-3-6-11/h1-9H,10H2,(H,20,21)(H,22,23). The summed E-state index contributed by atoms with van der Waals surface area (Å²) in [6, 6.07) is 14.8. The predicted molar refractivity (Wildman–Crippen MR) is 89.3 cm³/mol. The van der Waals surface area contributed by atoms with Crippen LogP contribution in [0.2, 0.25) is 0 Å². The lowest BCUT2D eigenvalue weighted by Crippen LogP contribution is -2.00. The van der Waals surface area contributed by atoms with E-state index in [2.05, 4.69) is 15.2 Å². The highest BCUT2D eigenvalue weighted by molar-refractivity contribution is 6.03. The number of carboxylic acids is 1. The molecule has 2 aromatic heterocycles. The van der Waals surface area contributed by atoms with Gasteiger partial charge in [-0.25, -0.2) is 9.78 Å². The van der Waals surface area contributed by atoms with Gasteiger partial charge >= 0.3 is 5.97 Å². The number of aromatic carboxylic acids is 1. The second kappa shape index (κ2) is 6.12. The van der Waals surface area contributed by atoms with Crippen LogP contribution in [0.3, 0.4) is 0 Å². The number of rotatable bonds is 5. The predicted octanol–water partition coefficient (Wildman–Crippen LogP) is 3.50. The van der Waals surface area contributed by atoms with Crippen molar-refractivity contribution in [2.75, 3.05) is 0 Å². The van der Waals surface area contributed by atoms with Gasteiger partial charge in [-0.2, -0.15) is 5.10 Å². The zero-order valence-corrected chi connectivity index (χ0v) is 13.0. The molecule has 7 nitrogen and oxygen atoms in total. The number of hydrogen-bond acceptors (Lipinski definition) is 5. The van der Waals surface area contributed by atoms with Gasteiger partial charge in [-0.1, -0.05) is 36.4 Å². The summed E-state index contributed by atoms with van der Waals surface area (Å²) in [6.07, 6.45) is 1.63. The lowest BCUT2D eigenvalue weighted by atomic mass is 10.2. The topological polar surface area (TPSA) is 101 Å². The summed E-state index contributed by atoms with van der Waals surface area (Å²) in [5, 5.41) is 16.2. The van der Waals surface area contributed by atoms with Crippen LogP contribution in [-0.4, -0.2) is 26.3 Å². The molecule has 2 aromatic carbocycles. The van der Waals surface area contributed by atoms with E-state index in [9.17, 15) is 9.90 Å². The molecule has 0 saturated carbocycles. The number of benzene rings is 2. The van der Waals surface area contributed by atoms with Crippen LogP contribution in [0.15, 0.2) is 59.1 Å². The number of oxazole rings is 1. The van der Waals surface area contributed by atoms with Gasteiger partial charge in [0.2, 0.25) is 5.89 Å². The minimum Gasteiger partial charge on any atom is -0.483 e. The second-order valence-corrected chi connectivity index (χ2v) is 5.33. The molecule has 7 heteroatoms. The fourth-order valence-corrected chi connectivity index (χ4v) is 2.57. The van der Waals surface area contributed by atoms with Crippen LogP contribution >= 0.6 is 0 Å². The van der Waals surface area contributed by atoms with Crippen LogP contribution in [0.5, 0.6) is 5.75 Å². The molecule has 4 aromatic rings. The molecule has 124 valence electrons. The van der Waals surface area contributed by atoms with E-state index in [1.165, 1.54) is 0 Å². The quantitative estimate of drug-likeness (QED) is 0.579. The first-order valence-corrected chi connectivity index (χ1v) is 7.55. The highest BCUT2D eigenvalue weighted by Crippen LogP contribution is 2.28. The molecular weight excluding hydrogens is 322 g/mol. The molecule has 0 aliphatic carbocycles. The van der Waals surface area contributed by atoms with E-state index < -0.39 is 5.97 Å². The molecular formula is C18H13N3O4. The number of carboxylic acid groups (broad SMARTS) is 1. The van der Waals surface area contributed by atoms with E-state index in [4.69, 9.17) is 9.15 Å². The third kappa shape index (κ3) is 2.83. The smallest absolute Gasteiger partial charge is 0.357 e. The van der Waals surface area contributed by atoms with Crippen molar-refractivity contribution in [3.8, 4) is 17.1 Å². The van der Waals surface area contributed by atoms with Gasteiger partial charge in [0.25, 0.3) is 0 Å². The highest BCUT2D eigenvalue weighted by Gasteiger charge is 2.17. The van der Waals surface area contributed by atoms with Gasteiger partial charge in [-0.05, 0) is 12.1 Å². The highest BCUT2D eigenvalue weighted by atomic mass is 16.5. The number of ether oxygens (including phenoxy) is 1. The molecule has 4 rings (SSSR count). The lowest BCUT2D eigenvalue weighted by molar-refractivity contribution is 0.0692. The van der Waals surface area contributed by atoms with Crippen LogP contribution in [0.1, 0.15) is 16.4 Å². The number of nitrogens with one attached hydrogen (secondary N) is 1. The van der Waals surface area contributed by atoms with E-state index in [0.29, 0.717) is 28.3 Å². The average Bonchev–Trinajstić information content (AvgIpc) is 3.28. The zero-order chi connectivity index (χ0) is 17.2. The second-order valence-electron chi connectivity index (χ2n) is 5.33. The summed E-state index contributed by atoms with van der Waals surface area (Å²) in [6.45, 7) is 0.0795. The maximum Gasteiger partial charge on any atom is 0.357 e. The molecule has 0 amide bonds. The molecule has 0 fully saturated rings. The molecule has 0 unspecified atom stereocenters. The lowest BCUT2D eigenvalue weighted by Gasteiger charge is -2.05. The fraction of sp³-hybridized carbons (Fsp3) is 0.0556. The Hall–Kier alpha value is -3.61. The van der Waals surface area contributed by atoms with Crippen molar-refractivity contribution in [1.29, 1.82) is 0 Å². The number of nitrogens with zero attached hydrogens (tertiary/aromatic N) is 2. The van der Waals surface area contributed by atoms with Crippen molar-refractivity contribution in [1.82, 2.24) is 15.2 Å². The van der Waals surface area contributed by atoms with Gasteiger partial charge in [-0.15, -0.1) is 0 Å². The minimum absolute atomic E-state index is 0.0795. The third-order valence-electron chi connectivity index (χ3n) is 3.72. The third-order valence-corrected chi connectivity index (χ3v) is 3.72. The molecule has 0 aliphatic rings. The fourth-order valence-electron chi connectivity index (χ4n) is 2.57. The first-order valence-electron chi connectivity index (χ1n) is 7.55. The number of aromatic amines is 1. The molecule has 0 bridgehead atoms. The summed E-state index contributed by atoms with van der Waals surface area (Å²) < 4.78 is 11.4.